The Kier molecular flexibility index (Phi) is 4.22. The van der Waals surface area contributed by atoms with Crippen LogP contribution in [-0.4, -0.2) is 37.5 Å². The van der Waals surface area contributed by atoms with Crippen LogP contribution in [0.2, 0.25) is 0 Å². The van der Waals surface area contributed by atoms with Gasteiger partial charge in [0.1, 0.15) is 0 Å². The molecule has 0 aromatic rings. The van der Waals surface area contributed by atoms with Gasteiger partial charge in [0.2, 0.25) is 5.91 Å². The van der Waals surface area contributed by atoms with Gasteiger partial charge < -0.3 is 10.2 Å². The van der Waals surface area contributed by atoms with E-state index in [9.17, 15) is 4.79 Å². The number of piperidine rings is 1. The highest BCUT2D eigenvalue weighted by atomic mass is 16.1. The highest BCUT2D eigenvalue weighted by Crippen LogP contribution is 2.24. The number of nitrogens with one attached hydrogen (secondary N) is 1. The summed E-state index contributed by atoms with van der Waals surface area (Å²) in [7, 11) is 2.17. The Labute approximate surface area is 98.6 Å². The second-order valence-electron chi connectivity index (χ2n) is 5.47. The molecule has 0 aromatic carbocycles. The maximum Gasteiger partial charge on any atom is 0.223 e. The van der Waals surface area contributed by atoms with Gasteiger partial charge in [-0.2, -0.15) is 0 Å². The number of rotatable bonds is 3. The molecule has 3 nitrogen and oxygen atoms in total. The van der Waals surface area contributed by atoms with Crippen molar-refractivity contribution in [2.24, 2.45) is 11.8 Å². The van der Waals surface area contributed by atoms with Crippen molar-refractivity contribution in [3.05, 3.63) is 0 Å². The molecule has 1 heterocycles. The molecule has 2 rings (SSSR count). The molecule has 1 saturated carbocycles. The molecule has 1 aliphatic carbocycles. The third-order valence-electron chi connectivity index (χ3n) is 4.13. The third kappa shape index (κ3) is 3.21. The molecule has 0 unspecified atom stereocenters. The minimum Gasteiger partial charge on any atom is -0.356 e. The maximum atomic E-state index is 11.8. The summed E-state index contributed by atoms with van der Waals surface area (Å²) in [4.78, 5) is 14.2. The Bertz CT molecular complexity index is 228. The van der Waals surface area contributed by atoms with Crippen molar-refractivity contribution in [1.82, 2.24) is 10.2 Å². The summed E-state index contributed by atoms with van der Waals surface area (Å²) in [5, 5.41) is 3.15. The van der Waals surface area contributed by atoms with Gasteiger partial charge in [0.25, 0.3) is 0 Å². The number of carbonyl (C=O) groups is 1. The lowest BCUT2D eigenvalue weighted by Gasteiger charge is -2.29. The van der Waals surface area contributed by atoms with Crippen molar-refractivity contribution in [1.29, 1.82) is 0 Å². The molecule has 0 aromatic heterocycles. The lowest BCUT2D eigenvalue weighted by atomic mass is 9.97. The lowest BCUT2D eigenvalue weighted by Crippen LogP contribution is -2.38. The molecule has 1 amide bonds. The molecule has 1 N–H and O–H groups in total. The summed E-state index contributed by atoms with van der Waals surface area (Å²) in [6.07, 6.45) is 7.18. The van der Waals surface area contributed by atoms with E-state index in [-0.39, 0.29) is 0 Å². The van der Waals surface area contributed by atoms with E-state index in [2.05, 4.69) is 17.3 Å². The minimum absolute atomic E-state index is 0.316. The Hall–Kier alpha value is -0.570. The molecule has 16 heavy (non-hydrogen) atoms. The van der Waals surface area contributed by atoms with Gasteiger partial charge in [0, 0.05) is 12.5 Å². The number of hydrogen-bond donors (Lipinski definition) is 1. The van der Waals surface area contributed by atoms with Gasteiger partial charge in [-0.3, -0.25) is 4.79 Å². The highest BCUT2D eigenvalue weighted by molar-refractivity contribution is 5.78. The van der Waals surface area contributed by atoms with Crippen LogP contribution >= 0.6 is 0 Å². The topological polar surface area (TPSA) is 32.3 Å². The second kappa shape index (κ2) is 5.67. The molecule has 0 spiro atoms. The minimum atomic E-state index is 0.316. The highest BCUT2D eigenvalue weighted by Gasteiger charge is 2.23. The normalized spacial score (nSPS) is 24.8. The standard InChI is InChI=1S/C13H24N2O/c1-15-8-6-11(7-9-15)10-14-13(16)12-4-2-3-5-12/h11-12H,2-10H2,1H3,(H,14,16). The van der Waals surface area contributed by atoms with Crippen LogP contribution in [-0.2, 0) is 4.79 Å². The monoisotopic (exact) mass is 224 g/mol. The molecule has 0 bridgehead atoms. The SMILES string of the molecule is CN1CCC(CNC(=O)C2CCCC2)CC1. The van der Waals surface area contributed by atoms with E-state index in [1.165, 1.54) is 38.8 Å². The molecule has 2 aliphatic rings. The van der Waals surface area contributed by atoms with E-state index in [1.807, 2.05) is 0 Å². The van der Waals surface area contributed by atoms with E-state index in [0.29, 0.717) is 17.7 Å². The summed E-state index contributed by atoms with van der Waals surface area (Å²) >= 11 is 0. The first kappa shape index (κ1) is 11.9. The number of nitrogens with zero attached hydrogens (tertiary/aromatic N) is 1. The zero-order valence-electron chi connectivity index (χ0n) is 10.4. The Morgan fingerprint density at radius 2 is 1.81 bits per heavy atom. The summed E-state index contributed by atoms with van der Waals surface area (Å²) < 4.78 is 0. The van der Waals surface area contributed by atoms with Crippen molar-refractivity contribution in [3.8, 4) is 0 Å². The summed E-state index contributed by atoms with van der Waals surface area (Å²) in [5.74, 6) is 1.35. The molecular formula is C13H24N2O. The number of likely N-dealkylation sites (tertiary alicyclic amines) is 1. The molecule has 0 radical (unpaired) electrons. The number of hydrogen-bond acceptors (Lipinski definition) is 2. The van der Waals surface area contributed by atoms with Crippen LogP contribution < -0.4 is 5.32 Å². The van der Waals surface area contributed by atoms with Gasteiger partial charge in [0.05, 0.1) is 0 Å². The van der Waals surface area contributed by atoms with E-state index in [4.69, 9.17) is 0 Å². The molecule has 2 fully saturated rings. The fraction of sp³-hybridized carbons (Fsp3) is 0.923. The fourth-order valence-electron chi connectivity index (χ4n) is 2.84. The average Bonchev–Trinajstić information content (AvgIpc) is 2.81. The zero-order chi connectivity index (χ0) is 11.4. The van der Waals surface area contributed by atoms with Crippen molar-refractivity contribution < 1.29 is 4.79 Å². The molecular weight excluding hydrogens is 200 g/mol. The second-order valence-corrected chi connectivity index (χ2v) is 5.47. The van der Waals surface area contributed by atoms with Crippen LogP contribution in [0.4, 0.5) is 0 Å². The predicted octanol–water partition coefficient (Wildman–Crippen LogP) is 1.63. The molecule has 92 valence electrons. The Morgan fingerprint density at radius 1 is 1.19 bits per heavy atom. The van der Waals surface area contributed by atoms with Crippen molar-refractivity contribution >= 4 is 5.91 Å². The van der Waals surface area contributed by atoms with E-state index in [1.54, 1.807) is 0 Å². The van der Waals surface area contributed by atoms with E-state index < -0.39 is 0 Å². The van der Waals surface area contributed by atoms with Crippen LogP contribution in [0.3, 0.4) is 0 Å². The van der Waals surface area contributed by atoms with E-state index >= 15 is 0 Å². The predicted molar refractivity (Wildman–Crippen MR) is 65.2 cm³/mol. The van der Waals surface area contributed by atoms with Gasteiger partial charge in [-0.25, -0.2) is 0 Å². The van der Waals surface area contributed by atoms with Gasteiger partial charge >= 0.3 is 0 Å². The first-order valence-corrected chi connectivity index (χ1v) is 6.72. The van der Waals surface area contributed by atoms with Crippen LogP contribution in [0.15, 0.2) is 0 Å². The molecule has 1 saturated heterocycles. The van der Waals surface area contributed by atoms with Crippen molar-refractivity contribution in [2.75, 3.05) is 26.7 Å². The summed E-state index contributed by atoms with van der Waals surface area (Å²) in [6.45, 7) is 3.27. The largest absolute Gasteiger partial charge is 0.356 e. The molecule has 3 heteroatoms. The lowest BCUT2D eigenvalue weighted by molar-refractivity contribution is -0.125. The Morgan fingerprint density at radius 3 is 2.44 bits per heavy atom. The number of amides is 1. The van der Waals surface area contributed by atoms with Gasteiger partial charge in [0.15, 0.2) is 0 Å². The average molecular weight is 224 g/mol. The van der Waals surface area contributed by atoms with Crippen LogP contribution in [0, 0.1) is 11.8 Å². The molecule has 1 aliphatic heterocycles. The zero-order valence-corrected chi connectivity index (χ0v) is 10.4. The first-order valence-electron chi connectivity index (χ1n) is 6.72. The molecule has 0 atom stereocenters. The Balaban J connectivity index is 1.65. The van der Waals surface area contributed by atoms with Crippen LogP contribution in [0.1, 0.15) is 38.5 Å². The van der Waals surface area contributed by atoms with Gasteiger partial charge in [-0.1, -0.05) is 12.8 Å². The van der Waals surface area contributed by atoms with Crippen molar-refractivity contribution in [3.63, 3.8) is 0 Å². The first-order chi connectivity index (χ1) is 7.75. The summed E-state index contributed by atoms with van der Waals surface area (Å²) in [6, 6.07) is 0. The van der Waals surface area contributed by atoms with Gasteiger partial charge in [-0.05, 0) is 51.7 Å². The van der Waals surface area contributed by atoms with Gasteiger partial charge in [-0.15, -0.1) is 0 Å². The summed E-state index contributed by atoms with van der Waals surface area (Å²) in [5.41, 5.74) is 0. The quantitative estimate of drug-likeness (QED) is 0.790. The van der Waals surface area contributed by atoms with Crippen molar-refractivity contribution in [2.45, 2.75) is 38.5 Å². The maximum absolute atomic E-state index is 11.8. The number of carbonyl (C=O) groups excluding carboxylic acids is 1. The third-order valence-corrected chi connectivity index (χ3v) is 4.13. The van der Waals surface area contributed by atoms with E-state index in [0.717, 1.165) is 19.4 Å². The fourth-order valence-corrected chi connectivity index (χ4v) is 2.84. The van der Waals surface area contributed by atoms with Crippen LogP contribution in [0.5, 0.6) is 0 Å². The van der Waals surface area contributed by atoms with Crippen LogP contribution in [0.25, 0.3) is 0 Å². The smallest absolute Gasteiger partial charge is 0.223 e.